The molecule has 0 bridgehead atoms. The minimum Gasteiger partial charge on any atom is -0.492 e. The summed E-state index contributed by atoms with van der Waals surface area (Å²) in [5.41, 5.74) is 2.13. The van der Waals surface area contributed by atoms with Gasteiger partial charge in [-0.3, -0.25) is 10.1 Å². The molecular formula is C12H10N2O4. The lowest BCUT2D eigenvalue weighted by atomic mass is 9.96. The van der Waals surface area contributed by atoms with E-state index in [2.05, 4.69) is 6.07 Å². The average molecular weight is 246 g/mol. The molecule has 2 aliphatic heterocycles. The molecule has 6 heteroatoms. The molecule has 0 saturated carbocycles. The van der Waals surface area contributed by atoms with Crippen LogP contribution in [0.15, 0.2) is 0 Å². The van der Waals surface area contributed by atoms with Gasteiger partial charge in [-0.1, -0.05) is 0 Å². The molecule has 2 aliphatic rings. The Hall–Kier alpha value is -2.29. The average Bonchev–Trinajstić information content (AvgIpc) is 2.96. The van der Waals surface area contributed by atoms with Crippen LogP contribution in [-0.2, 0) is 19.3 Å². The van der Waals surface area contributed by atoms with Gasteiger partial charge in [0.15, 0.2) is 0 Å². The normalized spacial score (nSPS) is 15.3. The van der Waals surface area contributed by atoms with Crippen molar-refractivity contribution in [3.05, 3.63) is 26.8 Å². The van der Waals surface area contributed by atoms with Crippen LogP contribution in [0.25, 0.3) is 0 Å². The summed E-state index contributed by atoms with van der Waals surface area (Å²) in [6.07, 6.45) is 1.30. The van der Waals surface area contributed by atoms with E-state index in [0.717, 1.165) is 11.1 Å². The highest BCUT2D eigenvalue weighted by Gasteiger charge is 2.37. The van der Waals surface area contributed by atoms with Crippen molar-refractivity contribution in [3.8, 4) is 17.6 Å². The predicted molar refractivity (Wildman–Crippen MR) is 60.8 cm³/mol. The maximum atomic E-state index is 11.2. The molecule has 2 heterocycles. The van der Waals surface area contributed by atoms with Crippen molar-refractivity contribution in [1.82, 2.24) is 0 Å². The second-order valence-electron chi connectivity index (χ2n) is 4.23. The monoisotopic (exact) mass is 246 g/mol. The third-order valence-electron chi connectivity index (χ3n) is 3.32. The number of nitrogens with zero attached hydrogens (tertiary/aromatic N) is 2. The van der Waals surface area contributed by atoms with Crippen molar-refractivity contribution in [2.24, 2.45) is 0 Å². The number of ether oxygens (including phenoxy) is 2. The van der Waals surface area contributed by atoms with E-state index in [1.165, 1.54) is 0 Å². The summed E-state index contributed by atoms with van der Waals surface area (Å²) in [7, 11) is 0. The number of nitro groups is 1. The maximum Gasteiger partial charge on any atom is 0.318 e. The van der Waals surface area contributed by atoms with E-state index in [4.69, 9.17) is 14.7 Å². The van der Waals surface area contributed by atoms with Crippen LogP contribution >= 0.6 is 0 Å². The maximum absolute atomic E-state index is 11.2. The van der Waals surface area contributed by atoms with Gasteiger partial charge in [-0.2, -0.15) is 5.26 Å². The number of nitro benzene ring substituents is 1. The number of rotatable bonds is 2. The molecular weight excluding hydrogens is 236 g/mol. The molecule has 0 amide bonds. The van der Waals surface area contributed by atoms with Crippen molar-refractivity contribution < 1.29 is 14.4 Å². The van der Waals surface area contributed by atoms with E-state index in [9.17, 15) is 10.1 Å². The van der Waals surface area contributed by atoms with Gasteiger partial charge in [-0.05, 0) is 0 Å². The molecule has 0 saturated heterocycles. The van der Waals surface area contributed by atoms with E-state index in [1.807, 2.05) is 0 Å². The Kier molecular flexibility index (Phi) is 2.33. The second-order valence-corrected chi connectivity index (χ2v) is 4.23. The minimum atomic E-state index is -0.409. The van der Waals surface area contributed by atoms with Crippen LogP contribution in [0.5, 0.6) is 11.5 Å². The topological polar surface area (TPSA) is 85.4 Å². The highest BCUT2D eigenvalue weighted by molar-refractivity contribution is 5.69. The van der Waals surface area contributed by atoms with Gasteiger partial charge in [0.05, 0.1) is 36.2 Å². The molecule has 18 heavy (non-hydrogen) atoms. The number of nitriles is 1. The Labute approximate surface area is 103 Å². The molecule has 0 fully saturated rings. The van der Waals surface area contributed by atoms with Crippen molar-refractivity contribution >= 4 is 5.69 Å². The quantitative estimate of drug-likeness (QED) is 0.583. The van der Waals surface area contributed by atoms with Crippen molar-refractivity contribution in [2.75, 3.05) is 13.2 Å². The van der Waals surface area contributed by atoms with E-state index >= 15 is 0 Å². The number of hydrogen-bond donors (Lipinski definition) is 0. The summed E-state index contributed by atoms with van der Waals surface area (Å²) in [6, 6.07) is 2.09. The van der Waals surface area contributed by atoms with Gasteiger partial charge in [0.25, 0.3) is 0 Å². The number of benzene rings is 1. The molecule has 0 N–H and O–H groups in total. The van der Waals surface area contributed by atoms with Crippen LogP contribution in [0.3, 0.4) is 0 Å². The van der Waals surface area contributed by atoms with E-state index in [-0.39, 0.29) is 12.1 Å². The van der Waals surface area contributed by atoms with E-state index in [1.54, 1.807) is 0 Å². The fourth-order valence-electron chi connectivity index (χ4n) is 2.64. The summed E-state index contributed by atoms with van der Waals surface area (Å²) < 4.78 is 10.9. The van der Waals surface area contributed by atoms with Gasteiger partial charge >= 0.3 is 5.69 Å². The van der Waals surface area contributed by atoms with E-state index < -0.39 is 4.92 Å². The third-order valence-corrected chi connectivity index (χ3v) is 3.32. The van der Waals surface area contributed by atoms with E-state index in [0.29, 0.717) is 43.1 Å². The molecule has 0 aromatic heterocycles. The van der Waals surface area contributed by atoms with Gasteiger partial charge in [0.1, 0.15) is 5.75 Å². The Morgan fingerprint density at radius 2 is 1.89 bits per heavy atom. The molecule has 1 aromatic rings. The summed E-state index contributed by atoms with van der Waals surface area (Å²) in [5.74, 6) is 0.877. The smallest absolute Gasteiger partial charge is 0.318 e. The van der Waals surface area contributed by atoms with Crippen LogP contribution in [0.2, 0.25) is 0 Å². The minimum absolute atomic E-state index is 0.0247. The Morgan fingerprint density at radius 3 is 2.56 bits per heavy atom. The lowest BCUT2D eigenvalue weighted by molar-refractivity contribution is -0.386. The zero-order valence-corrected chi connectivity index (χ0v) is 9.56. The molecule has 1 aromatic carbocycles. The first-order chi connectivity index (χ1) is 8.74. The fourth-order valence-corrected chi connectivity index (χ4v) is 2.64. The summed E-state index contributed by atoms with van der Waals surface area (Å²) in [5, 5.41) is 20.1. The van der Waals surface area contributed by atoms with Gasteiger partial charge in [0, 0.05) is 24.0 Å². The molecule has 3 rings (SSSR count). The Bertz CT molecular complexity index is 554. The van der Waals surface area contributed by atoms with Crippen molar-refractivity contribution in [2.45, 2.75) is 19.3 Å². The first-order valence-corrected chi connectivity index (χ1v) is 5.71. The lowest BCUT2D eigenvalue weighted by Gasteiger charge is -2.10. The van der Waals surface area contributed by atoms with Crippen LogP contribution in [-0.4, -0.2) is 18.1 Å². The lowest BCUT2D eigenvalue weighted by Crippen LogP contribution is -2.00. The predicted octanol–water partition coefficient (Wildman–Crippen LogP) is 1.53. The fraction of sp³-hybridized carbons (Fsp3) is 0.417. The molecule has 6 nitrogen and oxygen atoms in total. The molecule has 0 atom stereocenters. The number of hydrogen-bond acceptors (Lipinski definition) is 5. The molecule has 92 valence electrons. The first kappa shape index (κ1) is 10.8. The SMILES string of the molecule is N#CCc1c2c(c([N+](=O)[O-])c3c1OCC3)OCC2. The van der Waals surface area contributed by atoms with Crippen LogP contribution in [0, 0.1) is 21.4 Å². The first-order valence-electron chi connectivity index (χ1n) is 5.71. The highest BCUT2D eigenvalue weighted by Crippen LogP contribution is 2.48. The van der Waals surface area contributed by atoms with Gasteiger partial charge < -0.3 is 9.47 Å². The highest BCUT2D eigenvalue weighted by atomic mass is 16.6. The Morgan fingerprint density at radius 1 is 1.22 bits per heavy atom. The van der Waals surface area contributed by atoms with Crippen molar-refractivity contribution in [3.63, 3.8) is 0 Å². The van der Waals surface area contributed by atoms with Gasteiger partial charge in [-0.15, -0.1) is 0 Å². The third kappa shape index (κ3) is 1.34. The number of fused-ring (bicyclic) bond motifs is 2. The zero-order valence-electron chi connectivity index (χ0n) is 9.56. The Balaban J connectivity index is 2.32. The summed E-state index contributed by atoms with van der Waals surface area (Å²) >= 11 is 0. The second kappa shape index (κ2) is 3.88. The van der Waals surface area contributed by atoms with Gasteiger partial charge in [-0.25, -0.2) is 0 Å². The van der Waals surface area contributed by atoms with Crippen molar-refractivity contribution in [1.29, 1.82) is 5.26 Å². The van der Waals surface area contributed by atoms with Crippen LogP contribution < -0.4 is 9.47 Å². The molecule has 0 aliphatic carbocycles. The molecule has 0 radical (unpaired) electrons. The van der Waals surface area contributed by atoms with Crippen LogP contribution in [0.1, 0.15) is 16.7 Å². The largest absolute Gasteiger partial charge is 0.492 e. The van der Waals surface area contributed by atoms with Gasteiger partial charge in [0.2, 0.25) is 5.75 Å². The molecule has 0 unspecified atom stereocenters. The zero-order chi connectivity index (χ0) is 12.7. The molecule has 0 spiro atoms. The summed E-state index contributed by atoms with van der Waals surface area (Å²) in [4.78, 5) is 10.8. The van der Waals surface area contributed by atoms with Crippen LogP contribution in [0.4, 0.5) is 5.69 Å². The standard InChI is InChI=1S/C12H10N2O4/c13-4-1-7-8-2-5-18-12(8)10(14(15)16)9-3-6-17-11(7)9/h1-3,5-6H2. The summed E-state index contributed by atoms with van der Waals surface area (Å²) in [6.45, 7) is 0.856.